The Morgan fingerprint density at radius 2 is 1.77 bits per heavy atom. The molecule has 26 heavy (non-hydrogen) atoms. The van der Waals surface area contributed by atoms with Crippen LogP contribution in [0.2, 0.25) is 0 Å². The van der Waals surface area contributed by atoms with E-state index in [0.29, 0.717) is 6.54 Å². The van der Waals surface area contributed by atoms with Crippen molar-refractivity contribution < 1.29 is 23.9 Å². The second-order valence-electron chi connectivity index (χ2n) is 8.44. The standard InChI is InChI=1S/C18H29N3O5/c1-12(2)14(23)21-8-7-19(16(25)26-17(4,5)6)10-18(21)11-20(15(18)24)9-13(3)22/h12H,7-11H2,1-6H3. The van der Waals surface area contributed by atoms with Crippen LogP contribution in [-0.4, -0.2) is 82.3 Å². The number of ether oxygens (including phenoxy) is 1. The van der Waals surface area contributed by atoms with Crippen molar-refractivity contribution in [3.63, 3.8) is 0 Å². The second kappa shape index (κ2) is 6.89. The van der Waals surface area contributed by atoms with Crippen molar-refractivity contribution in [2.24, 2.45) is 5.92 Å². The Bertz CT molecular complexity index is 625. The van der Waals surface area contributed by atoms with E-state index in [2.05, 4.69) is 0 Å². The fourth-order valence-electron chi connectivity index (χ4n) is 3.40. The highest BCUT2D eigenvalue weighted by molar-refractivity contribution is 6.00. The van der Waals surface area contributed by atoms with E-state index in [0.717, 1.165) is 0 Å². The van der Waals surface area contributed by atoms with E-state index in [1.54, 1.807) is 39.5 Å². The summed E-state index contributed by atoms with van der Waals surface area (Å²) in [4.78, 5) is 53.8. The minimum Gasteiger partial charge on any atom is -0.444 e. The van der Waals surface area contributed by atoms with Gasteiger partial charge in [-0.05, 0) is 27.7 Å². The molecule has 2 aliphatic rings. The fourth-order valence-corrected chi connectivity index (χ4v) is 3.40. The lowest BCUT2D eigenvalue weighted by atomic mass is 9.82. The molecule has 3 amide bonds. The average Bonchev–Trinajstić information content (AvgIpc) is 2.51. The van der Waals surface area contributed by atoms with E-state index < -0.39 is 17.2 Å². The highest BCUT2D eigenvalue weighted by Crippen LogP contribution is 2.34. The third-order valence-electron chi connectivity index (χ3n) is 4.53. The first-order valence-corrected chi connectivity index (χ1v) is 8.95. The van der Waals surface area contributed by atoms with Crippen molar-refractivity contribution in [3.05, 3.63) is 0 Å². The normalized spacial score (nSPS) is 23.3. The SMILES string of the molecule is CC(=O)CN1CC2(CN(C(=O)OC(C)(C)C)CCN2C(=O)C(C)C)C1=O. The molecule has 2 heterocycles. The molecule has 2 rings (SSSR count). The number of amides is 3. The van der Waals surface area contributed by atoms with E-state index in [1.165, 1.54) is 16.7 Å². The number of hydrogen-bond donors (Lipinski definition) is 0. The summed E-state index contributed by atoms with van der Waals surface area (Å²) in [5, 5.41) is 0. The van der Waals surface area contributed by atoms with Gasteiger partial charge in [-0.3, -0.25) is 14.4 Å². The van der Waals surface area contributed by atoms with Gasteiger partial charge in [0.2, 0.25) is 5.91 Å². The molecule has 0 aliphatic carbocycles. The van der Waals surface area contributed by atoms with Crippen LogP contribution in [0.3, 0.4) is 0 Å². The van der Waals surface area contributed by atoms with Crippen molar-refractivity contribution in [1.29, 1.82) is 0 Å². The highest BCUT2D eigenvalue weighted by Gasteiger charge is 2.60. The van der Waals surface area contributed by atoms with Crippen molar-refractivity contribution in [1.82, 2.24) is 14.7 Å². The Hall–Kier alpha value is -2.12. The maximum absolute atomic E-state index is 12.9. The van der Waals surface area contributed by atoms with Crippen LogP contribution in [0.5, 0.6) is 0 Å². The molecule has 8 nitrogen and oxygen atoms in total. The van der Waals surface area contributed by atoms with E-state index in [4.69, 9.17) is 4.74 Å². The van der Waals surface area contributed by atoms with Gasteiger partial charge in [-0.1, -0.05) is 13.8 Å². The Morgan fingerprint density at radius 3 is 2.23 bits per heavy atom. The van der Waals surface area contributed by atoms with E-state index in [-0.39, 0.29) is 49.7 Å². The average molecular weight is 367 g/mol. The smallest absolute Gasteiger partial charge is 0.410 e. The molecule has 0 aromatic carbocycles. The first-order chi connectivity index (χ1) is 11.9. The summed E-state index contributed by atoms with van der Waals surface area (Å²) in [7, 11) is 0. The summed E-state index contributed by atoms with van der Waals surface area (Å²) >= 11 is 0. The van der Waals surface area contributed by atoms with Crippen molar-refractivity contribution in [2.45, 2.75) is 52.7 Å². The van der Waals surface area contributed by atoms with Gasteiger partial charge in [-0.15, -0.1) is 0 Å². The minimum absolute atomic E-state index is 0.0245. The fraction of sp³-hybridized carbons (Fsp3) is 0.778. The number of ketones is 1. The van der Waals surface area contributed by atoms with Crippen LogP contribution in [0.4, 0.5) is 4.79 Å². The number of nitrogens with zero attached hydrogens (tertiary/aromatic N) is 3. The topological polar surface area (TPSA) is 87.2 Å². The molecule has 1 spiro atoms. The van der Waals surface area contributed by atoms with Gasteiger partial charge in [0.05, 0.1) is 19.6 Å². The van der Waals surface area contributed by atoms with Gasteiger partial charge in [0.1, 0.15) is 11.4 Å². The number of rotatable bonds is 3. The van der Waals surface area contributed by atoms with Gasteiger partial charge in [0, 0.05) is 19.0 Å². The van der Waals surface area contributed by atoms with Gasteiger partial charge in [-0.2, -0.15) is 0 Å². The van der Waals surface area contributed by atoms with Crippen LogP contribution in [0, 0.1) is 5.92 Å². The Balaban J connectivity index is 2.23. The van der Waals surface area contributed by atoms with Crippen LogP contribution in [0.25, 0.3) is 0 Å². The van der Waals surface area contributed by atoms with Crippen LogP contribution < -0.4 is 0 Å². The van der Waals surface area contributed by atoms with Crippen LogP contribution in [0.1, 0.15) is 41.5 Å². The molecule has 8 heteroatoms. The van der Waals surface area contributed by atoms with Gasteiger partial charge in [-0.25, -0.2) is 4.79 Å². The second-order valence-corrected chi connectivity index (χ2v) is 8.44. The number of piperazine rings is 1. The Labute approximate surface area is 154 Å². The number of β-lactam (4-membered cyclic amide) rings is 1. The molecule has 1 atom stereocenters. The molecule has 0 radical (unpaired) electrons. The highest BCUT2D eigenvalue weighted by atomic mass is 16.6. The lowest BCUT2D eigenvalue weighted by molar-refractivity contribution is -0.180. The molecule has 0 bridgehead atoms. The van der Waals surface area contributed by atoms with Crippen LogP contribution >= 0.6 is 0 Å². The lowest BCUT2D eigenvalue weighted by Gasteiger charge is -2.58. The van der Waals surface area contributed by atoms with E-state index in [9.17, 15) is 19.2 Å². The zero-order chi connectivity index (χ0) is 19.9. The molecule has 2 fully saturated rings. The Kier molecular flexibility index (Phi) is 5.35. The molecular weight excluding hydrogens is 338 g/mol. The summed E-state index contributed by atoms with van der Waals surface area (Å²) in [6, 6.07) is 0. The maximum Gasteiger partial charge on any atom is 0.410 e. The molecule has 2 aliphatic heterocycles. The third-order valence-corrected chi connectivity index (χ3v) is 4.53. The predicted molar refractivity (Wildman–Crippen MR) is 94.4 cm³/mol. The van der Waals surface area contributed by atoms with Gasteiger partial charge in [0.25, 0.3) is 5.91 Å². The molecule has 0 N–H and O–H groups in total. The zero-order valence-electron chi connectivity index (χ0n) is 16.5. The summed E-state index contributed by atoms with van der Waals surface area (Å²) < 4.78 is 5.41. The van der Waals surface area contributed by atoms with E-state index >= 15 is 0 Å². The van der Waals surface area contributed by atoms with E-state index in [1.807, 2.05) is 0 Å². The molecule has 0 aromatic rings. The number of hydrogen-bond acceptors (Lipinski definition) is 5. The first-order valence-electron chi connectivity index (χ1n) is 8.95. The molecule has 146 valence electrons. The van der Waals surface area contributed by atoms with Gasteiger partial charge in [0.15, 0.2) is 5.54 Å². The third kappa shape index (κ3) is 3.83. The van der Waals surface area contributed by atoms with Crippen molar-refractivity contribution in [2.75, 3.05) is 32.7 Å². The molecule has 0 saturated carbocycles. The summed E-state index contributed by atoms with van der Waals surface area (Å²) in [6.45, 7) is 11.3. The summed E-state index contributed by atoms with van der Waals surface area (Å²) in [5.74, 6) is -0.774. The van der Waals surface area contributed by atoms with Crippen molar-refractivity contribution >= 4 is 23.7 Å². The van der Waals surface area contributed by atoms with Crippen molar-refractivity contribution in [3.8, 4) is 0 Å². The molecule has 0 aromatic heterocycles. The molecular formula is C18H29N3O5. The maximum atomic E-state index is 12.9. The summed E-state index contributed by atoms with van der Waals surface area (Å²) in [6.07, 6.45) is -0.494. The zero-order valence-corrected chi connectivity index (χ0v) is 16.5. The Morgan fingerprint density at radius 1 is 1.15 bits per heavy atom. The van der Waals surface area contributed by atoms with Crippen LogP contribution in [0.15, 0.2) is 0 Å². The largest absolute Gasteiger partial charge is 0.444 e. The number of carbonyl (C=O) groups is 4. The lowest BCUT2D eigenvalue weighted by Crippen LogP contribution is -2.81. The number of Topliss-reactive ketones (excluding diaryl/α,β-unsaturated/α-hetero) is 1. The first kappa shape index (κ1) is 20.2. The quantitative estimate of drug-likeness (QED) is 0.692. The predicted octanol–water partition coefficient (Wildman–Crippen LogP) is 0.892. The van der Waals surface area contributed by atoms with Gasteiger partial charge >= 0.3 is 6.09 Å². The molecule has 1 unspecified atom stereocenters. The number of carbonyl (C=O) groups excluding carboxylic acids is 4. The van der Waals surface area contributed by atoms with Gasteiger partial charge < -0.3 is 19.4 Å². The number of likely N-dealkylation sites (tertiary alicyclic amines) is 1. The van der Waals surface area contributed by atoms with Crippen LogP contribution in [-0.2, 0) is 19.1 Å². The monoisotopic (exact) mass is 367 g/mol. The summed E-state index contributed by atoms with van der Waals surface area (Å²) in [5.41, 5.74) is -1.73. The molecule has 2 saturated heterocycles. The minimum atomic E-state index is -1.09.